The monoisotopic (exact) mass is 874 g/mol. The Morgan fingerprint density at radius 2 is 0.696 bits per heavy atom. The third-order valence-corrected chi connectivity index (χ3v) is 15.4. The standard InChI is InChI=1S/C67H42N2/c1-2-20-51-49(18-1)50-19-3-4-21-52(50)60-41-47(36-38-53(51)60)68(45-34-32-43(33-35-45)44-16-15-17-46(40-44)69-65-30-13-8-25-58(65)59-26-9-14-31-66(59)69)48-37-39-57-56-24-7-12-29-63(56)67(64(57)42-48)61-27-10-5-22-54(61)55-23-6-11-28-62(55)67/h1-42H. The number of nitrogens with zero attached hydrogens (tertiary/aromatic N) is 2. The first kappa shape index (κ1) is 38.2. The second kappa shape index (κ2) is 14.5. The highest BCUT2D eigenvalue weighted by Crippen LogP contribution is 2.63. The smallest absolute Gasteiger partial charge is 0.0726 e. The van der Waals surface area contributed by atoms with E-state index in [1.807, 2.05) is 0 Å². The number of fused-ring (bicyclic) bond motifs is 19. The van der Waals surface area contributed by atoms with Gasteiger partial charge in [-0.2, -0.15) is 0 Å². The number of para-hydroxylation sites is 2. The lowest BCUT2D eigenvalue weighted by molar-refractivity contribution is 0.793. The van der Waals surface area contributed by atoms with Gasteiger partial charge in [0.1, 0.15) is 0 Å². The minimum absolute atomic E-state index is 0.454. The molecule has 0 unspecified atom stereocenters. The number of aromatic nitrogens is 1. The lowest BCUT2D eigenvalue weighted by atomic mass is 9.70. The highest BCUT2D eigenvalue weighted by Gasteiger charge is 2.51. The Morgan fingerprint density at radius 1 is 0.261 bits per heavy atom. The van der Waals surface area contributed by atoms with Crippen LogP contribution < -0.4 is 4.90 Å². The van der Waals surface area contributed by atoms with E-state index < -0.39 is 5.41 Å². The van der Waals surface area contributed by atoms with Gasteiger partial charge in [0.15, 0.2) is 0 Å². The fraction of sp³-hybridized carbons (Fsp3) is 0.0149. The molecule has 0 N–H and O–H groups in total. The van der Waals surface area contributed by atoms with Crippen molar-refractivity contribution in [3.8, 4) is 39.1 Å². The van der Waals surface area contributed by atoms with Crippen LogP contribution in [0.4, 0.5) is 17.1 Å². The summed E-state index contributed by atoms with van der Waals surface area (Å²) in [5, 5.41) is 10.1. The van der Waals surface area contributed by atoms with E-state index in [4.69, 9.17) is 0 Å². The van der Waals surface area contributed by atoms with Crippen molar-refractivity contribution >= 4 is 71.2 Å². The van der Waals surface area contributed by atoms with E-state index >= 15 is 0 Å². The van der Waals surface area contributed by atoms with Gasteiger partial charge in [0.05, 0.1) is 16.4 Å². The quantitative estimate of drug-likeness (QED) is 0.156. The first-order chi connectivity index (χ1) is 34.2. The van der Waals surface area contributed by atoms with Gasteiger partial charge in [-0.25, -0.2) is 0 Å². The van der Waals surface area contributed by atoms with Crippen LogP contribution in [0.2, 0.25) is 0 Å². The van der Waals surface area contributed by atoms with Crippen molar-refractivity contribution in [1.82, 2.24) is 4.57 Å². The summed E-state index contributed by atoms with van der Waals surface area (Å²) < 4.78 is 2.40. The third-order valence-electron chi connectivity index (χ3n) is 15.4. The molecule has 13 aromatic rings. The van der Waals surface area contributed by atoms with Crippen LogP contribution in [0, 0.1) is 0 Å². The Bertz CT molecular complexity index is 4120. The average molecular weight is 875 g/mol. The van der Waals surface area contributed by atoms with Crippen LogP contribution in [0.3, 0.4) is 0 Å². The van der Waals surface area contributed by atoms with Crippen LogP contribution in [0.25, 0.3) is 93.2 Å². The van der Waals surface area contributed by atoms with Gasteiger partial charge in [0, 0.05) is 33.5 Å². The summed E-state index contributed by atoms with van der Waals surface area (Å²) in [7, 11) is 0. The average Bonchev–Trinajstić information content (AvgIpc) is 4.03. The molecule has 1 aromatic heterocycles. The predicted molar refractivity (Wildman–Crippen MR) is 290 cm³/mol. The third kappa shape index (κ3) is 5.31. The van der Waals surface area contributed by atoms with Crippen LogP contribution in [0.1, 0.15) is 22.3 Å². The van der Waals surface area contributed by atoms with Crippen molar-refractivity contribution in [2.24, 2.45) is 0 Å². The van der Waals surface area contributed by atoms with Crippen LogP contribution in [-0.2, 0) is 5.41 Å². The Labute approximate surface area is 400 Å². The normalized spacial score (nSPS) is 13.0. The van der Waals surface area contributed by atoms with Gasteiger partial charge in [-0.1, -0.05) is 194 Å². The lowest BCUT2D eigenvalue weighted by Crippen LogP contribution is -2.26. The molecule has 1 spiro atoms. The molecule has 0 saturated heterocycles. The first-order valence-electron chi connectivity index (χ1n) is 24.0. The predicted octanol–water partition coefficient (Wildman–Crippen LogP) is 17.7. The first-order valence-corrected chi connectivity index (χ1v) is 24.0. The fourth-order valence-corrected chi connectivity index (χ4v) is 12.5. The molecule has 69 heavy (non-hydrogen) atoms. The number of hydrogen-bond acceptors (Lipinski definition) is 1. The van der Waals surface area contributed by atoms with Crippen molar-refractivity contribution in [2.45, 2.75) is 5.41 Å². The van der Waals surface area contributed by atoms with Crippen LogP contribution in [-0.4, -0.2) is 4.57 Å². The molecule has 2 nitrogen and oxygen atoms in total. The van der Waals surface area contributed by atoms with E-state index in [9.17, 15) is 0 Å². The maximum Gasteiger partial charge on any atom is 0.0726 e. The van der Waals surface area contributed by atoms with Crippen molar-refractivity contribution in [1.29, 1.82) is 0 Å². The van der Waals surface area contributed by atoms with Crippen LogP contribution in [0.15, 0.2) is 255 Å². The molecule has 12 aromatic carbocycles. The molecule has 0 amide bonds. The van der Waals surface area contributed by atoms with E-state index in [2.05, 4.69) is 264 Å². The summed E-state index contributed by atoms with van der Waals surface area (Å²) >= 11 is 0. The minimum atomic E-state index is -0.454. The summed E-state index contributed by atoms with van der Waals surface area (Å²) in [5.41, 5.74) is 19.3. The van der Waals surface area contributed by atoms with E-state index in [1.165, 1.54) is 110 Å². The largest absolute Gasteiger partial charge is 0.310 e. The lowest BCUT2D eigenvalue weighted by Gasteiger charge is -2.32. The van der Waals surface area contributed by atoms with E-state index in [0.29, 0.717) is 0 Å². The molecule has 2 heteroatoms. The molecule has 2 aliphatic rings. The van der Waals surface area contributed by atoms with E-state index in [1.54, 1.807) is 0 Å². The van der Waals surface area contributed by atoms with Gasteiger partial charge in [0.2, 0.25) is 0 Å². The molecule has 2 aliphatic carbocycles. The molecule has 1 heterocycles. The molecular weight excluding hydrogens is 833 g/mol. The molecule has 0 aliphatic heterocycles. The van der Waals surface area contributed by atoms with E-state index in [0.717, 1.165) is 22.7 Å². The molecule has 0 radical (unpaired) electrons. The van der Waals surface area contributed by atoms with Gasteiger partial charge < -0.3 is 9.47 Å². The Hall–Kier alpha value is -8.98. The second-order valence-electron chi connectivity index (χ2n) is 18.7. The summed E-state index contributed by atoms with van der Waals surface area (Å²) in [6.45, 7) is 0. The Kier molecular flexibility index (Phi) is 8.02. The van der Waals surface area contributed by atoms with Crippen molar-refractivity contribution in [3.63, 3.8) is 0 Å². The van der Waals surface area contributed by atoms with Crippen LogP contribution >= 0.6 is 0 Å². The Morgan fingerprint density at radius 3 is 1.28 bits per heavy atom. The van der Waals surface area contributed by atoms with Gasteiger partial charge in [-0.15, -0.1) is 0 Å². The molecule has 0 fully saturated rings. The Balaban J connectivity index is 0.935. The van der Waals surface area contributed by atoms with Crippen molar-refractivity contribution < 1.29 is 0 Å². The second-order valence-corrected chi connectivity index (χ2v) is 18.7. The SMILES string of the molecule is c1cc(-c2ccc(N(c3ccc4c(c3)C3(c5ccccc5-c5ccccc53)c3ccccc3-4)c3ccc4c5ccccc5c5ccccc5c4c3)cc2)cc(-n2c3ccccc3c3ccccc32)c1. The van der Waals surface area contributed by atoms with Gasteiger partial charge in [-0.3, -0.25) is 0 Å². The number of hydrogen-bond donors (Lipinski definition) is 0. The maximum atomic E-state index is 2.50. The molecule has 320 valence electrons. The molecule has 0 atom stereocenters. The maximum absolute atomic E-state index is 2.50. The zero-order valence-electron chi connectivity index (χ0n) is 37.6. The number of anilines is 3. The highest BCUT2D eigenvalue weighted by atomic mass is 15.1. The number of rotatable bonds is 5. The zero-order valence-corrected chi connectivity index (χ0v) is 37.6. The van der Waals surface area contributed by atoms with E-state index in [-0.39, 0.29) is 0 Å². The molecular formula is C67H42N2. The molecule has 0 bridgehead atoms. The topological polar surface area (TPSA) is 8.17 Å². The molecule has 15 rings (SSSR count). The summed E-state index contributed by atoms with van der Waals surface area (Å²) in [6, 6.07) is 94.9. The van der Waals surface area contributed by atoms with Crippen molar-refractivity contribution in [3.05, 3.63) is 277 Å². The minimum Gasteiger partial charge on any atom is -0.310 e. The highest BCUT2D eigenvalue weighted by molar-refractivity contribution is 6.26. The summed E-state index contributed by atoms with van der Waals surface area (Å²) in [4.78, 5) is 2.48. The van der Waals surface area contributed by atoms with Gasteiger partial charge in [-0.05, 0) is 149 Å². The molecule has 0 saturated carbocycles. The van der Waals surface area contributed by atoms with Crippen molar-refractivity contribution in [2.75, 3.05) is 4.90 Å². The van der Waals surface area contributed by atoms with Gasteiger partial charge in [0.25, 0.3) is 0 Å². The summed E-state index contributed by atoms with van der Waals surface area (Å²) in [6.07, 6.45) is 0. The summed E-state index contributed by atoms with van der Waals surface area (Å²) in [5.74, 6) is 0. The van der Waals surface area contributed by atoms with Crippen LogP contribution in [0.5, 0.6) is 0 Å². The fourth-order valence-electron chi connectivity index (χ4n) is 12.5. The van der Waals surface area contributed by atoms with Gasteiger partial charge >= 0.3 is 0 Å². The zero-order chi connectivity index (χ0) is 45.2. The number of benzene rings is 12.